The Balaban J connectivity index is 2.24. The van der Waals surface area contributed by atoms with Crippen LogP contribution in [0.1, 0.15) is 25.3 Å². The second kappa shape index (κ2) is 7.53. The number of hydrogen-bond donors (Lipinski definition) is 2. The highest BCUT2D eigenvalue weighted by Crippen LogP contribution is 2.25. The van der Waals surface area contributed by atoms with Crippen molar-refractivity contribution in [2.45, 2.75) is 25.3 Å². The van der Waals surface area contributed by atoms with E-state index in [0.717, 1.165) is 22.1 Å². The fraction of sp³-hybridized carbons (Fsp3) is 0.368. The number of carbonyl (C=O) groups excluding carboxylic acids is 1. The van der Waals surface area contributed by atoms with Crippen LogP contribution < -0.4 is 10.1 Å². The van der Waals surface area contributed by atoms with Crippen molar-refractivity contribution >= 4 is 22.6 Å². The van der Waals surface area contributed by atoms with Crippen molar-refractivity contribution in [3.05, 3.63) is 42.0 Å². The maximum Gasteiger partial charge on any atom is 0.331 e. The van der Waals surface area contributed by atoms with Crippen LogP contribution in [0.15, 0.2) is 36.4 Å². The third-order valence-corrected chi connectivity index (χ3v) is 4.27. The van der Waals surface area contributed by atoms with Crippen LogP contribution in [0.3, 0.4) is 0 Å². The lowest BCUT2D eigenvalue weighted by Gasteiger charge is -2.27. The summed E-state index contributed by atoms with van der Waals surface area (Å²) in [4.78, 5) is 24.0. The Labute approximate surface area is 146 Å². The molecule has 0 aromatic heterocycles. The van der Waals surface area contributed by atoms with Crippen LogP contribution in [0.5, 0.6) is 5.75 Å². The van der Waals surface area contributed by atoms with Crippen molar-refractivity contribution < 1.29 is 24.2 Å². The number of carboxylic acids is 1. The summed E-state index contributed by atoms with van der Waals surface area (Å²) in [6, 6.07) is 11.4. The molecule has 0 bridgehead atoms. The number of ether oxygens (including phenoxy) is 2. The van der Waals surface area contributed by atoms with Gasteiger partial charge in [-0.2, -0.15) is 0 Å². The van der Waals surface area contributed by atoms with Gasteiger partial charge in [0.05, 0.1) is 19.6 Å². The summed E-state index contributed by atoms with van der Waals surface area (Å²) in [5, 5.41) is 13.9. The van der Waals surface area contributed by atoms with Gasteiger partial charge in [-0.25, -0.2) is 4.79 Å². The molecular formula is C19H23NO5. The van der Waals surface area contributed by atoms with E-state index in [1.165, 1.54) is 14.0 Å². The molecule has 2 aromatic rings. The first-order valence-corrected chi connectivity index (χ1v) is 7.93. The van der Waals surface area contributed by atoms with E-state index in [2.05, 4.69) is 5.32 Å². The van der Waals surface area contributed by atoms with Crippen LogP contribution in [0, 0.1) is 0 Å². The molecule has 0 aliphatic carbocycles. The molecular weight excluding hydrogens is 322 g/mol. The Hall–Kier alpha value is -2.60. The highest BCUT2D eigenvalue weighted by atomic mass is 16.5. The number of nitrogens with one attached hydrogen (secondary N) is 1. The molecule has 2 atom stereocenters. The molecule has 1 amide bonds. The number of methoxy groups -OCH3 is 2. The van der Waals surface area contributed by atoms with Crippen molar-refractivity contribution in [1.82, 2.24) is 5.32 Å². The molecule has 0 saturated heterocycles. The maximum atomic E-state index is 12.5. The number of fused-ring (bicyclic) bond motifs is 1. The molecule has 1 unspecified atom stereocenters. The smallest absolute Gasteiger partial charge is 0.331 e. The van der Waals surface area contributed by atoms with Gasteiger partial charge >= 0.3 is 5.97 Å². The molecule has 2 rings (SSSR count). The molecule has 0 aliphatic rings. The first-order chi connectivity index (χ1) is 11.8. The summed E-state index contributed by atoms with van der Waals surface area (Å²) in [6.45, 7) is 3.06. The predicted molar refractivity (Wildman–Crippen MR) is 95.0 cm³/mol. The number of carbonyl (C=O) groups is 2. The average molecular weight is 345 g/mol. The van der Waals surface area contributed by atoms with Crippen LogP contribution in [-0.4, -0.2) is 43.3 Å². The van der Waals surface area contributed by atoms with Gasteiger partial charge in [0.1, 0.15) is 5.75 Å². The van der Waals surface area contributed by atoms with Crippen LogP contribution >= 0.6 is 0 Å². The molecule has 2 N–H and O–H groups in total. The number of carboxylic acid groups (broad SMARTS) is 1. The largest absolute Gasteiger partial charge is 0.497 e. The number of hydrogen-bond acceptors (Lipinski definition) is 4. The van der Waals surface area contributed by atoms with E-state index >= 15 is 0 Å². The molecule has 0 radical (unpaired) electrons. The Bertz CT molecular complexity index is 788. The quantitative estimate of drug-likeness (QED) is 0.806. The molecule has 6 heteroatoms. The van der Waals surface area contributed by atoms with Crippen molar-refractivity contribution in [1.29, 1.82) is 0 Å². The molecule has 25 heavy (non-hydrogen) atoms. The Morgan fingerprint density at radius 2 is 1.80 bits per heavy atom. The van der Waals surface area contributed by atoms with E-state index in [9.17, 15) is 14.7 Å². The molecule has 134 valence electrons. The molecule has 6 nitrogen and oxygen atoms in total. The third kappa shape index (κ3) is 4.09. The minimum atomic E-state index is -1.47. The van der Waals surface area contributed by atoms with E-state index in [-0.39, 0.29) is 12.5 Å². The van der Waals surface area contributed by atoms with E-state index in [1.807, 2.05) is 36.4 Å². The summed E-state index contributed by atoms with van der Waals surface area (Å²) in [5.74, 6) is -1.24. The van der Waals surface area contributed by atoms with Crippen LogP contribution in [0.25, 0.3) is 10.8 Å². The number of amides is 1. The first kappa shape index (κ1) is 18.7. The van der Waals surface area contributed by atoms with Crippen LogP contribution in [-0.2, 0) is 14.3 Å². The van der Waals surface area contributed by atoms with Gasteiger partial charge in [0, 0.05) is 7.11 Å². The van der Waals surface area contributed by atoms with Gasteiger partial charge in [0.15, 0.2) is 5.54 Å². The molecule has 0 aliphatic heterocycles. The lowest BCUT2D eigenvalue weighted by Crippen LogP contribution is -2.56. The second-order valence-corrected chi connectivity index (χ2v) is 6.25. The highest BCUT2D eigenvalue weighted by molar-refractivity contribution is 5.91. The highest BCUT2D eigenvalue weighted by Gasteiger charge is 2.36. The Morgan fingerprint density at radius 1 is 1.16 bits per heavy atom. The summed E-state index contributed by atoms with van der Waals surface area (Å²) in [5.41, 5.74) is -0.662. The summed E-state index contributed by atoms with van der Waals surface area (Å²) >= 11 is 0. The number of aliphatic carboxylic acids is 1. The zero-order valence-corrected chi connectivity index (χ0v) is 14.8. The monoisotopic (exact) mass is 345 g/mol. The van der Waals surface area contributed by atoms with Gasteiger partial charge in [-0.1, -0.05) is 24.3 Å². The van der Waals surface area contributed by atoms with Crippen molar-refractivity contribution in [3.63, 3.8) is 0 Å². The van der Waals surface area contributed by atoms with Crippen molar-refractivity contribution in [3.8, 4) is 5.75 Å². The zero-order chi connectivity index (χ0) is 18.6. The number of rotatable bonds is 7. The topological polar surface area (TPSA) is 84.9 Å². The van der Waals surface area contributed by atoms with E-state index in [4.69, 9.17) is 9.47 Å². The van der Waals surface area contributed by atoms with E-state index in [1.54, 1.807) is 14.0 Å². The fourth-order valence-electron chi connectivity index (χ4n) is 2.61. The normalized spacial score (nSPS) is 14.6. The van der Waals surface area contributed by atoms with Gasteiger partial charge < -0.3 is 19.9 Å². The SMILES string of the molecule is COCC(C)(NC(=O)[C@@H](C)c1ccc2cc(OC)ccc2c1)C(=O)O. The number of benzene rings is 2. The van der Waals surface area contributed by atoms with E-state index < -0.39 is 17.4 Å². The third-order valence-electron chi connectivity index (χ3n) is 4.27. The maximum absolute atomic E-state index is 12.5. The molecule has 0 fully saturated rings. The van der Waals surface area contributed by atoms with Crippen LogP contribution in [0.4, 0.5) is 0 Å². The summed E-state index contributed by atoms with van der Waals surface area (Å²) in [6.07, 6.45) is 0. The summed E-state index contributed by atoms with van der Waals surface area (Å²) < 4.78 is 10.1. The van der Waals surface area contributed by atoms with Gasteiger partial charge in [-0.15, -0.1) is 0 Å². The molecule has 0 saturated carbocycles. The average Bonchev–Trinajstić information content (AvgIpc) is 2.60. The van der Waals surface area contributed by atoms with Gasteiger partial charge in [-0.05, 0) is 42.3 Å². The van der Waals surface area contributed by atoms with Gasteiger partial charge in [-0.3, -0.25) is 4.79 Å². The Kier molecular flexibility index (Phi) is 5.64. The fourth-order valence-corrected chi connectivity index (χ4v) is 2.61. The van der Waals surface area contributed by atoms with Crippen molar-refractivity contribution in [2.24, 2.45) is 0 Å². The van der Waals surface area contributed by atoms with Gasteiger partial charge in [0.2, 0.25) is 5.91 Å². The predicted octanol–water partition coefficient (Wildman–Crippen LogP) is 2.56. The lowest BCUT2D eigenvalue weighted by atomic mass is 9.95. The minimum Gasteiger partial charge on any atom is -0.497 e. The minimum absolute atomic E-state index is 0.113. The second-order valence-electron chi connectivity index (χ2n) is 6.25. The molecule has 2 aromatic carbocycles. The lowest BCUT2D eigenvalue weighted by molar-refractivity contribution is -0.149. The Morgan fingerprint density at radius 3 is 2.40 bits per heavy atom. The van der Waals surface area contributed by atoms with Crippen molar-refractivity contribution in [2.75, 3.05) is 20.8 Å². The standard InChI is InChI=1S/C19H23NO5/c1-12(17(21)20-19(2,11-24-3)18(22)23)13-5-6-15-10-16(25-4)8-7-14(15)9-13/h5-10,12H,11H2,1-4H3,(H,20,21)(H,22,23)/t12-,19?/m0/s1. The molecule has 0 spiro atoms. The zero-order valence-electron chi connectivity index (χ0n) is 14.8. The first-order valence-electron chi connectivity index (χ1n) is 7.93. The summed E-state index contributed by atoms with van der Waals surface area (Å²) in [7, 11) is 3.01. The van der Waals surface area contributed by atoms with Gasteiger partial charge in [0.25, 0.3) is 0 Å². The molecule has 0 heterocycles. The van der Waals surface area contributed by atoms with E-state index in [0.29, 0.717) is 0 Å². The van der Waals surface area contributed by atoms with Crippen LogP contribution in [0.2, 0.25) is 0 Å².